The molecule has 1 aliphatic carbocycles. The first kappa shape index (κ1) is 26.4. The van der Waals surface area contributed by atoms with Crippen molar-refractivity contribution >= 4 is 42.9 Å². The van der Waals surface area contributed by atoms with Gasteiger partial charge in [0.1, 0.15) is 5.82 Å². The summed E-state index contributed by atoms with van der Waals surface area (Å²) in [5, 5.41) is 4.58. The summed E-state index contributed by atoms with van der Waals surface area (Å²) in [7, 11) is 0. The lowest BCUT2D eigenvalue weighted by atomic mass is 9.93. The number of carbonyl (C=O) groups is 2. The number of hydrogen-bond donors (Lipinski definition) is 1. The minimum Gasteiger partial charge on any atom is -0.466 e. The standard InChI is InChI=1S/C25H30FN3O3S.ClH/c1-2-32-23(30)11-14-29-13-9-19(27-29)15-18-16-28(12-10-22(18)33)24(25(31)17-7-8-17)20-5-3-4-6-21(20)26;/h3-6,9,13,15,17,22,24,33H,2,7-8,10-12,14,16H2,1H3;1H/b18-15+;/t22-,24?;/m0./s1. The van der Waals surface area contributed by atoms with Gasteiger partial charge in [-0.1, -0.05) is 18.2 Å². The Bertz CT molecular complexity index is 1040. The highest BCUT2D eigenvalue weighted by atomic mass is 35.5. The molecule has 184 valence electrons. The van der Waals surface area contributed by atoms with Gasteiger partial charge in [0.25, 0.3) is 0 Å². The maximum atomic E-state index is 14.7. The van der Waals surface area contributed by atoms with Crippen LogP contribution in [0.3, 0.4) is 0 Å². The van der Waals surface area contributed by atoms with Crippen LogP contribution in [-0.4, -0.2) is 51.4 Å². The molecule has 1 aliphatic heterocycles. The van der Waals surface area contributed by atoms with E-state index in [9.17, 15) is 14.0 Å². The Morgan fingerprint density at radius 2 is 2.03 bits per heavy atom. The van der Waals surface area contributed by atoms with Crippen LogP contribution in [0.25, 0.3) is 6.08 Å². The number of carbonyl (C=O) groups excluding carboxylic acids is 2. The van der Waals surface area contributed by atoms with E-state index in [0.29, 0.717) is 31.8 Å². The van der Waals surface area contributed by atoms with Gasteiger partial charge in [-0.2, -0.15) is 17.7 Å². The number of esters is 1. The number of nitrogens with zero attached hydrogens (tertiary/aromatic N) is 3. The number of ketones is 1. The molecule has 1 aromatic carbocycles. The van der Waals surface area contributed by atoms with E-state index in [4.69, 9.17) is 17.4 Å². The first-order valence-electron chi connectivity index (χ1n) is 11.6. The summed E-state index contributed by atoms with van der Waals surface area (Å²) in [6, 6.07) is 7.90. The zero-order valence-corrected chi connectivity index (χ0v) is 20.9. The van der Waals surface area contributed by atoms with Crippen LogP contribution in [0.5, 0.6) is 0 Å². The highest BCUT2D eigenvalue weighted by Gasteiger charge is 2.40. The van der Waals surface area contributed by atoms with Crippen LogP contribution in [0.4, 0.5) is 4.39 Å². The topological polar surface area (TPSA) is 64.4 Å². The smallest absolute Gasteiger partial charge is 0.307 e. The summed E-state index contributed by atoms with van der Waals surface area (Å²) in [6.45, 7) is 3.81. The zero-order valence-electron chi connectivity index (χ0n) is 19.2. The molecule has 1 saturated carbocycles. The van der Waals surface area contributed by atoms with Crippen LogP contribution in [0.2, 0.25) is 0 Å². The number of ether oxygens (including phenoxy) is 1. The highest BCUT2D eigenvalue weighted by molar-refractivity contribution is 7.81. The van der Waals surface area contributed by atoms with Crippen molar-refractivity contribution in [1.29, 1.82) is 0 Å². The van der Waals surface area contributed by atoms with Crippen LogP contribution in [0.15, 0.2) is 42.1 Å². The monoisotopic (exact) mass is 507 g/mol. The molecule has 0 bridgehead atoms. The van der Waals surface area contributed by atoms with Gasteiger partial charge in [-0.3, -0.25) is 19.2 Å². The normalized spacial score (nSPS) is 20.6. The lowest BCUT2D eigenvalue weighted by molar-refractivity contribution is -0.143. The molecule has 0 amide bonds. The van der Waals surface area contributed by atoms with E-state index < -0.39 is 6.04 Å². The number of aromatic nitrogens is 2. The van der Waals surface area contributed by atoms with Crippen molar-refractivity contribution in [3.05, 3.63) is 59.2 Å². The number of benzene rings is 1. The van der Waals surface area contributed by atoms with E-state index in [2.05, 4.69) is 10.00 Å². The van der Waals surface area contributed by atoms with Crippen LogP contribution in [-0.2, 0) is 20.9 Å². The fourth-order valence-electron chi connectivity index (χ4n) is 4.28. The van der Waals surface area contributed by atoms with Crippen LogP contribution >= 0.6 is 25.0 Å². The molecule has 1 unspecified atom stereocenters. The molecule has 0 N–H and O–H groups in total. The van der Waals surface area contributed by atoms with Gasteiger partial charge in [0, 0.05) is 36.0 Å². The van der Waals surface area contributed by atoms with Crippen molar-refractivity contribution < 1.29 is 18.7 Å². The second-order valence-electron chi connectivity index (χ2n) is 8.65. The van der Waals surface area contributed by atoms with E-state index >= 15 is 0 Å². The molecule has 2 heterocycles. The molecule has 4 rings (SSSR count). The van der Waals surface area contributed by atoms with Crippen molar-refractivity contribution in [3.8, 4) is 0 Å². The molecular formula is C25H31ClFN3O3S. The Morgan fingerprint density at radius 1 is 1.26 bits per heavy atom. The summed E-state index contributed by atoms with van der Waals surface area (Å²) in [5.74, 6) is -0.438. The van der Waals surface area contributed by atoms with E-state index in [-0.39, 0.29) is 47.6 Å². The quantitative estimate of drug-likeness (QED) is 0.400. The third-order valence-corrected chi connectivity index (χ3v) is 6.75. The first-order chi connectivity index (χ1) is 16.0. The maximum absolute atomic E-state index is 14.7. The van der Waals surface area contributed by atoms with E-state index in [1.807, 2.05) is 18.3 Å². The number of aryl methyl sites for hydroxylation is 1. The minimum atomic E-state index is -0.579. The fourth-order valence-corrected chi connectivity index (χ4v) is 4.55. The Hall–Kier alpha value is -2.16. The third-order valence-electron chi connectivity index (χ3n) is 6.16. The Kier molecular flexibility index (Phi) is 9.33. The van der Waals surface area contributed by atoms with Gasteiger partial charge >= 0.3 is 5.97 Å². The van der Waals surface area contributed by atoms with Crippen molar-refractivity contribution in [1.82, 2.24) is 14.7 Å². The second kappa shape index (κ2) is 12.0. The second-order valence-corrected chi connectivity index (χ2v) is 9.28. The van der Waals surface area contributed by atoms with Gasteiger partial charge in [0.15, 0.2) is 5.78 Å². The average molecular weight is 508 g/mol. The van der Waals surface area contributed by atoms with Crippen molar-refractivity contribution in [2.24, 2.45) is 5.92 Å². The minimum absolute atomic E-state index is 0. The summed E-state index contributed by atoms with van der Waals surface area (Å²) in [6.07, 6.45) is 6.63. The summed E-state index contributed by atoms with van der Waals surface area (Å²) in [4.78, 5) is 26.8. The predicted molar refractivity (Wildman–Crippen MR) is 135 cm³/mol. The molecular weight excluding hydrogens is 477 g/mol. The molecule has 2 aliphatic rings. The Balaban J connectivity index is 0.00000324. The van der Waals surface area contributed by atoms with E-state index in [1.54, 1.807) is 29.8 Å². The highest BCUT2D eigenvalue weighted by Crippen LogP contribution is 2.39. The third kappa shape index (κ3) is 6.49. The number of halogens is 2. The number of hydrogen-bond acceptors (Lipinski definition) is 6. The van der Waals surface area contributed by atoms with Gasteiger partial charge in [0.05, 0.1) is 31.3 Å². The number of thiol groups is 1. The molecule has 1 aromatic heterocycles. The Labute approximate surface area is 211 Å². The molecule has 6 nitrogen and oxygen atoms in total. The summed E-state index contributed by atoms with van der Waals surface area (Å²) >= 11 is 4.76. The van der Waals surface area contributed by atoms with Gasteiger partial charge in [-0.05, 0) is 50.0 Å². The number of rotatable bonds is 9. The lowest BCUT2D eigenvalue weighted by Gasteiger charge is -2.37. The summed E-state index contributed by atoms with van der Waals surface area (Å²) < 4.78 is 21.4. The van der Waals surface area contributed by atoms with E-state index in [1.165, 1.54) is 6.07 Å². The largest absolute Gasteiger partial charge is 0.466 e. The molecule has 2 aromatic rings. The van der Waals surface area contributed by atoms with Gasteiger partial charge in [-0.25, -0.2) is 4.39 Å². The number of likely N-dealkylation sites (tertiary alicyclic amines) is 1. The Morgan fingerprint density at radius 3 is 2.74 bits per heavy atom. The SMILES string of the molecule is CCOC(=O)CCn1ccc(/C=C2\CN(C(C(=O)C3CC3)c3ccccc3F)CC[C@@H]2S)n1.Cl. The van der Waals surface area contributed by atoms with Gasteiger partial charge < -0.3 is 4.74 Å². The molecule has 1 saturated heterocycles. The van der Waals surface area contributed by atoms with Crippen LogP contribution in [0.1, 0.15) is 49.9 Å². The lowest BCUT2D eigenvalue weighted by Crippen LogP contribution is -2.42. The predicted octanol–water partition coefficient (Wildman–Crippen LogP) is 4.51. The molecule has 34 heavy (non-hydrogen) atoms. The van der Waals surface area contributed by atoms with E-state index in [0.717, 1.165) is 30.5 Å². The fraction of sp³-hybridized carbons (Fsp3) is 0.480. The zero-order chi connectivity index (χ0) is 23.4. The van der Waals surface area contributed by atoms with Crippen LogP contribution in [0, 0.1) is 11.7 Å². The van der Waals surface area contributed by atoms with Crippen molar-refractivity contribution in [2.45, 2.75) is 50.4 Å². The number of Topliss-reactive ketones (excluding diaryl/α,β-unsaturated/α-hetero) is 1. The van der Waals surface area contributed by atoms with Crippen LogP contribution < -0.4 is 0 Å². The molecule has 0 radical (unpaired) electrons. The maximum Gasteiger partial charge on any atom is 0.307 e. The summed E-state index contributed by atoms with van der Waals surface area (Å²) in [5.41, 5.74) is 2.27. The molecule has 0 spiro atoms. The van der Waals surface area contributed by atoms with Gasteiger partial charge in [0.2, 0.25) is 0 Å². The molecule has 2 atom stereocenters. The van der Waals surface area contributed by atoms with Crippen molar-refractivity contribution in [2.75, 3.05) is 19.7 Å². The number of piperidine rings is 1. The first-order valence-corrected chi connectivity index (χ1v) is 12.1. The van der Waals surface area contributed by atoms with Crippen molar-refractivity contribution in [3.63, 3.8) is 0 Å². The molecule has 9 heteroatoms. The van der Waals surface area contributed by atoms with Gasteiger partial charge in [-0.15, -0.1) is 12.4 Å². The average Bonchev–Trinajstić information content (AvgIpc) is 3.56. The molecule has 2 fully saturated rings.